The van der Waals surface area contributed by atoms with Gasteiger partial charge in [0, 0.05) is 25.5 Å². The number of nitrogens with zero attached hydrogens (tertiary/aromatic N) is 1. The van der Waals surface area contributed by atoms with Gasteiger partial charge in [0.25, 0.3) is 0 Å². The number of nitrogens with one attached hydrogen (secondary N) is 1. The highest BCUT2D eigenvalue weighted by Gasteiger charge is 2.37. The van der Waals surface area contributed by atoms with Crippen molar-refractivity contribution in [1.29, 1.82) is 0 Å². The van der Waals surface area contributed by atoms with Gasteiger partial charge in [-0.05, 0) is 42.7 Å². The van der Waals surface area contributed by atoms with Crippen molar-refractivity contribution in [3.63, 3.8) is 0 Å². The average molecular weight is 419 g/mol. The number of hydrogen-bond donors (Lipinski definition) is 1. The number of hydrogen-bond acceptors (Lipinski definition) is 5. The highest BCUT2D eigenvalue weighted by atomic mass is 31.2. The van der Waals surface area contributed by atoms with Crippen molar-refractivity contribution in [2.45, 2.75) is 45.3 Å². The molecular weight excluding hydrogens is 383 g/mol. The molecule has 0 radical (unpaired) electrons. The maximum absolute atomic E-state index is 14.0. The van der Waals surface area contributed by atoms with Crippen LogP contribution >= 0.6 is 7.60 Å². The van der Waals surface area contributed by atoms with Gasteiger partial charge in [-0.3, -0.25) is 4.57 Å². The van der Waals surface area contributed by atoms with E-state index < -0.39 is 13.4 Å². The Morgan fingerprint density at radius 2 is 1.45 bits per heavy atom. The van der Waals surface area contributed by atoms with Crippen LogP contribution in [0.25, 0.3) is 0 Å². The van der Waals surface area contributed by atoms with Gasteiger partial charge in [0.15, 0.2) is 5.78 Å². The molecule has 0 fully saturated rings. The van der Waals surface area contributed by atoms with Gasteiger partial charge in [0.05, 0.1) is 13.2 Å². The van der Waals surface area contributed by atoms with Crippen LogP contribution in [0, 0.1) is 0 Å². The SMILES string of the molecule is CCCCOP(=O)(OCCCC)[C@@H](Nc1ccccc1)c1ccc(N(C)C)cc1. The molecule has 0 aliphatic carbocycles. The van der Waals surface area contributed by atoms with Crippen LogP contribution in [0.4, 0.5) is 11.4 Å². The Hall–Kier alpha value is -1.81. The number of unbranched alkanes of at least 4 members (excludes halogenated alkanes) is 2. The topological polar surface area (TPSA) is 50.8 Å². The van der Waals surface area contributed by atoms with Crippen LogP contribution in [-0.4, -0.2) is 27.3 Å². The first-order chi connectivity index (χ1) is 14.0. The Kier molecular flexibility index (Phi) is 9.72. The second-order valence-electron chi connectivity index (χ2n) is 7.31. The molecule has 0 amide bonds. The third kappa shape index (κ3) is 7.18. The third-order valence-electron chi connectivity index (χ3n) is 4.66. The summed E-state index contributed by atoms with van der Waals surface area (Å²) in [5, 5.41) is 3.41. The predicted molar refractivity (Wildman–Crippen MR) is 123 cm³/mol. The van der Waals surface area contributed by atoms with Gasteiger partial charge in [0.2, 0.25) is 0 Å². The van der Waals surface area contributed by atoms with Gasteiger partial charge in [0.1, 0.15) is 0 Å². The van der Waals surface area contributed by atoms with E-state index in [9.17, 15) is 4.57 Å². The van der Waals surface area contributed by atoms with Crippen molar-refractivity contribution < 1.29 is 13.6 Å². The maximum Gasteiger partial charge on any atom is 0.357 e. The van der Waals surface area contributed by atoms with Gasteiger partial charge in [-0.2, -0.15) is 0 Å². The second-order valence-corrected chi connectivity index (χ2v) is 9.42. The summed E-state index contributed by atoms with van der Waals surface area (Å²) in [4.78, 5) is 2.04. The highest BCUT2D eigenvalue weighted by molar-refractivity contribution is 7.54. The molecule has 2 rings (SSSR count). The van der Waals surface area contributed by atoms with Crippen molar-refractivity contribution in [1.82, 2.24) is 0 Å². The smallest absolute Gasteiger partial charge is 0.357 e. The van der Waals surface area contributed by atoms with Gasteiger partial charge in [-0.15, -0.1) is 0 Å². The molecule has 160 valence electrons. The Morgan fingerprint density at radius 1 is 0.897 bits per heavy atom. The molecule has 0 saturated heterocycles. The van der Waals surface area contributed by atoms with Crippen LogP contribution in [0.1, 0.15) is 50.9 Å². The molecule has 0 bridgehead atoms. The molecule has 6 heteroatoms. The molecule has 0 aromatic heterocycles. The normalized spacial score (nSPS) is 12.6. The van der Waals surface area contributed by atoms with Crippen molar-refractivity contribution >= 4 is 19.0 Å². The van der Waals surface area contributed by atoms with E-state index in [2.05, 4.69) is 19.2 Å². The Labute approximate surface area is 176 Å². The molecule has 0 spiro atoms. The fourth-order valence-electron chi connectivity index (χ4n) is 2.85. The molecule has 2 aromatic rings. The highest BCUT2D eigenvalue weighted by Crippen LogP contribution is 2.61. The molecule has 5 nitrogen and oxygen atoms in total. The first-order valence-electron chi connectivity index (χ1n) is 10.5. The molecule has 0 aliphatic heterocycles. The Balaban J connectivity index is 2.38. The van der Waals surface area contributed by atoms with Gasteiger partial charge in [-0.25, -0.2) is 0 Å². The number of anilines is 2. The van der Waals surface area contributed by atoms with E-state index in [1.807, 2.05) is 73.6 Å². The fourth-order valence-corrected chi connectivity index (χ4v) is 4.83. The summed E-state index contributed by atoms with van der Waals surface area (Å²) >= 11 is 0. The maximum atomic E-state index is 14.0. The van der Waals surface area contributed by atoms with Gasteiger partial charge < -0.3 is 19.3 Å². The first-order valence-corrected chi connectivity index (χ1v) is 12.1. The monoisotopic (exact) mass is 418 g/mol. The van der Waals surface area contributed by atoms with Gasteiger partial charge in [-0.1, -0.05) is 57.0 Å². The molecule has 0 unspecified atom stereocenters. The molecule has 1 atom stereocenters. The Morgan fingerprint density at radius 3 is 1.93 bits per heavy atom. The number of rotatable bonds is 13. The van der Waals surface area contributed by atoms with Gasteiger partial charge >= 0.3 is 7.60 Å². The molecule has 2 aromatic carbocycles. The van der Waals surface area contributed by atoms with E-state index in [1.165, 1.54) is 0 Å². The number of para-hydroxylation sites is 1. The standard InChI is InChI=1S/C23H35N2O3P/c1-5-7-18-27-29(26,28-19-8-6-2)23(24-21-12-10-9-11-13-21)20-14-16-22(17-15-20)25(3)4/h9-17,23-24H,5-8,18-19H2,1-4H3/t23-/m1/s1. The number of benzene rings is 2. The minimum absolute atomic E-state index is 0.419. The molecule has 29 heavy (non-hydrogen) atoms. The van der Waals surface area contributed by atoms with E-state index in [-0.39, 0.29) is 0 Å². The summed E-state index contributed by atoms with van der Waals surface area (Å²) in [6.45, 7) is 5.02. The average Bonchev–Trinajstić information content (AvgIpc) is 2.73. The lowest BCUT2D eigenvalue weighted by Crippen LogP contribution is -2.16. The largest absolute Gasteiger partial charge is 0.378 e. The molecule has 0 aliphatic rings. The fraction of sp³-hybridized carbons (Fsp3) is 0.478. The molecule has 0 saturated carbocycles. The van der Waals surface area contributed by atoms with Crippen LogP contribution in [0.3, 0.4) is 0 Å². The van der Waals surface area contributed by atoms with Crippen molar-refractivity contribution in [3.8, 4) is 0 Å². The predicted octanol–water partition coefficient (Wildman–Crippen LogP) is 6.69. The quantitative estimate of drug-likeness (QED) is 0.290. The van der Waals surface area contributed by atoms with Crippen molar-refractivity contribution in [2.24, 2.45) is 0 Å². The second kappa shape index (κ2) is 12.0. The van der Waals surface area contributed by atoms with E-state index >= 15 is 0 Å². The summed E-state index contributed by atoms with van der Waals surface area (Å²) < 4.78 is 25.9. The van der Waals surface area contributed by atoms with Crippen molar-refractivity contribution in [3.05, 3.63) is 60.2 Å². The van der Waals surface area contributed by atoms with Crippen LogP contribution in [-0.2, 0) is 13.6 Å². The lowest BCUT2D eigenvalue weighted by Gasteiger charge is -2.29. The molecule has 1 N–H and O–H groups in total. The molecule has 0 heterocycles. The van der Waals surface area contributed by atoms with E-state index in [0.717, 1.165) is 42.6 Å². The van der Waals surface area contributed by atoms with Crippen LogP contribution in [0.5, 0.6) is 0 Å². The zero-order valence-electron chi connectivity index (χ0n) is 18.1. The zero-order valence-corrected chi connectivity index (χ0v) is 19.0. The minimum Gasteiger partial charge on any atom is -0.378 e. The summed E-state index contributed by atoms with van der Waals surface area (Å²) in [6.07, 6.45) is 3.64. The zero-order chi connectivity index (χ0) is 21.1. The summed E-state index contributed by atoms with van der Waals surface area (Å²) in [6, 6.07) is 17.8. The van der Waals surface area contributed by atoms with E-state index in [4.69, 9.17) is 9.05 Å². The lowest BCUT2D eigenvalue weighted by atomic mass is 10.2. The van der Waals surface area contributed by atoms with Crippen LogP contribution in [0.2, 0.25) is 0 Å². The molecular formula is C23H35N2O3P. The summed E-state index contributed by atoms with van der Waals surface area (Å²) in [7, 11) is 0.563. The van der Waals surface area contributed by atoms with E-state index in [0.29, 0.717) is 13.2 Å². The minimum atomic E-state index is -3.44. The van der Waals surface area contributed by atoms with E-state index in [1.54, 1.807) is 0 Å². The third-order valence-corrected chi connectivity index (χ3v) is 6.80. The first kappa shape index (κ1) is 23.5. The van der Waals surface area contributed by atoms with Crippen LogP contribution < -0.4 is 10.2 Å². The van der Waals surface area contributed by atoms with Crippen molar-refractivity contribution in [2.75, 3.05) is 37.5 Å². The Bertz CT molecular complexity index is 736. The lowest BCUT2D eigenvalue weighted by molar-refractivity contribution is 0.194. The summed E-state index contributed by atoms with van der Waals surface area (Å²) in [5.74, 6) is -0.574. The van der Waals surface area contributed by atoms with Crippen LogP contribution in [0.15, 0.2) is 54.6 Å². The summed E-state index contributed by atoms with van der Waals surface area (Å²) in [5.41, 5.74) is 2.85.